The lowest BCUT2D eigenvalue weighted by molar-refractivity contribution is 0.199. The Morgan fingerprint density at radius 1 is 1.30 bits per heavy atom. The van der Waals surface area contributed by atoms with Gasteiger partial charge in [-0.2, -0.15) is 0 Å². The first-order valence-electron chi connectivity index (χ1n) is 7.86. The maximum absolute atomic E-state index is 11.8. The van der Waals surface area contributed by atoms with E-state index in [1.807, 2.05) is 0 Å². The molecule has 1 fully saturated rings. The van der Waals surface area contributed by atoms with E-state index in [4.69, 9.17) is 0 Å². The second-order valence-electron chi connectivity index (χ2n) is 6.34. The van der Waals surface area contributed by atoms with Gasteiger partial charge >= 0.3 is 0 Å². The average Bonchev–Trinajstić information content (AvgIpc) is 2.46. The van der Waals surface area contributed by atoms with E-state index in [0.717, 1.165) is 24.7 Å². The summed E-state index contributed by atoms with van der Waals surface area (Å²) in [6, 6.07) is 1.64. The molecule has 0 unspecified atom stereocenters. The molecule has 2 heterocycles. The van der Waals surface area contributed by atoms with Crippen molar-refractivity contribution in [2.75, 3.05) is 18.0 Å². The predicted octanol–water partition coefficient (Wildman–Crippen LogP) is 3.30. The monoisotopic (exact) mass is 277 g/mol. The van der Waals surface area contributed by atoms with Gasteiger partial charge in [0.15, 0.2) is 0 Å². The fraction of sp³-hybridized carbons (Fsp3) is 0.750. The quantitative estimate of drug-likeness (QED) is 0.918. The SMILES string of the molecule is CCC1(CC)CCN(c2cc(=O)[nH]c(C(C)C)n2)CC1. The van der Waals surface area contributed by atoms with Crippen molar-refractivity contribution in [2.45, 2.75) is 59.3 Å². The minimum absolute atomic E-state index is 0.0403. The smallest absolute Gasteiger partial charge is 0.252 e. The standard InChI is InChI=1S/C16H27N3O/c1-5-16(6-2)7-9-19(10-8-16)13-11-14(20)18-15(17-13)12(3)4/h11-12H,5-10H2,1-4H3,(H,17,18,20). The molecule has 4 nitrogen and oxygen atoms in total. The molecule has 1 aliphatic rings. The van der Waals surface area contributed by atoms with Crippen molar-refractivity contribution in [1.82, 2.24) is 9.97 Å². The van der Waals surface area contributed by atoms with Crippen LogP contribution in [-0.4, -0.2) is 23.1 Å². The van der Waals surface area contributed by atoms with Crippen LogP contribution in [0.1, 0.15) is 65.1 Å². The van der Waals surface area contributed by atoms with Crippen LogP contribution in [0.2, 0.25) is 0 Å². The highest BCUT2D eigenvalue weighted by atomic mass is 16.1. The second kappa shape index (κ2) is 5.98. The summed E-state index contributed by atoms with van der Waals surface area (Å²) in [6.45, 7) is 10.7. The molecule has 1 saturated heterocycles. The number of aromatic nitrogens is 2. The molecular formula is C16H27N3O. The minimum Gasteiger partial charge on any atom is -0.356 e. The summed E-state index contributed by atoms with van der Waals surface area (Å²) in [4.78, 5) is 21.5. The van der Waals surface area contributed by atoms with Crippen LogP contribution in [0, 0.1) is 5.41 Å². The van der Waals surface area contributed by atoms with Gasteiger partial charge in [-0.3, -0.25) is 4.79 Å². The van der Waals surface area contributed by atoms with E-state index in [0.29, 0.717) is 5.41 Å². The summed E-state index contributed by atoms with van der Waals surface area (Å²) < 4.78 is 0. The average molecular weight is 277 g/mol. The van der Waals surface area contributed by atoms with Gasteiger partial charge in [-0.25, -0.2) is 4.98 Å². The number of nitrogens with one attached hydrogen (secondary N) is 1. The van der Waals surface area contributed by atoms with Crippen LogP contribution in [0.15, 0.2) is 10.9 Å². The van der Waals surface area contributed by atoms with Gasteiger partial charge in [0.25, 0.3) is 5.56 Å². The number of rotatable bonds is 4. The van der Waals surface area contributed by atoms with E-state index >= 15 is 0 Å². The number of piperidine rings is 1. The molecule has 0 amide bonds. The molecule has 1 N–H and O–H groups in total. The molecule has 0 saturated carbocycles. The molecule has 2 rings (SSSR count). The van der Waals surface area contributed by atoms with E-state index in [1.54, 1.807) is 6.07 Å². The van der Waals surface area contributed by atoms with Crippen molar-refractivity contribution >= 4 is 5.82 Å². The van der Waals surface area contributed by atoms with Crippen LogP contribution < -0.4 is 10.5 Å². The summed E-state index contributed by atoms with van der Waals surface area (Å²) in [5.41, 5.74) is 0.458. The predicted molar refractivity (Wildman–Crippen MR) is 83.4 cm³/mol. The zero-order valence-corrected chi connectivity index (χ0v) is 13.2. The molecule has 20 heavy (non-hydrogen) atoms. The molecule has 0 aromatic carbocycles. The fourth-order valence-corrected chi connectivity index (χ4v) is 3.07. The summed E-state index contributed by atoms with van der Waals surface area (Å²) in [6.07, 6.45) is 4.89. The Bertz CT molecular complexity index is 493. The van der Waals surface area contributed by atoms with Gasteiger partial charge in [-0.05, 0) is 18.3 Å². The van der Waals surface area contributed by atoms with Gasteiger partial charge in [0.2, 0.25) is 0 Å². The van der Waals surface area contributed by atoms with Gasteiger partial charge in [0, 0.05) is 25.1 Å². The first-order valence-corrected chi connectivity index (χ1v) is 7.86. The minimum atomic E-state index is -0.0403. The lowest BCUT2D eigenvalue weighted by atomic mass is 9.74. The Morgan fingerprint density at radius 2 is 1.90 bits per heavy atom. The van der Waals surface area contributed by atoms with Crippen molar-refractivity contribution in [1.29, 1.82) is 0 Å². The van der Waals surface area contributed by atoms with E-state index in [2.05, 4.69) is 42.6 Å². The summed E-state index contributed by atoms with van der Waals surface area (Å²) in [7, 11) is 0. The van der Waals surface area contributed by atoms with Crippen molar-refractivity contribution in [3.63, 3.8) is 0 Å². The molecule has 1 aromatic heterocycles. The van der Waals surface area contributed by atoms with Crippen LogP contribution in [0.4, 0.5) is 5.82 Å². The van der Waals surface area contributed by atoms with Gasteiger partial charge in [0.05, 0.1) is 0 Å². The van der Waals surface area contributed by atoms with Crippen molar-refractivity contribution < 1.29 is 0 Å². The number of hydrogen-bond acceptors (Lipinski definition) is 3. The molecular weight excluding hydrogens is 250 g/mol. The third kappa shape index (κ3) is 3.05. The molecule has 0 spiro atoms. The molecule has 1 aromatic rings. The second-order valence-corrected chi connectivity index (χ2v) is 6.34. The summed E-state index contributed by atoms with van der Waals surface area (Å²) in [5.74, 6) is 1.88. The zero-order chi connectivity index (χ0) is 14.8. The largest absolute Gasteiger partial charge is 0.356 e. The molecule has 0 aliphatic carbocycles. The molecule has 0 bridgehead atoms. The van der Waals surface area contributed by atoms with E-state index in [9.17, 15) is 4.79 Å². The highest BCUT2D eigenvalue weighted by Gasteiger charge is 2.31. The number of nitrogens with zero attached hydrogens (tertiary/aromatic N) is 2. The Morgan fingerprint density at radius 3 is 2.40 bits per heavy atom. The van der Waals surface area contributed by atoms with E-state index in [-0.39, 0.29) is 11.5 Å². The number of hydrogen-bond donors (Lipinski definition) is 1. The van der Waals surface area contributed by atoms with E-state index < -0.39 is 0 Å². The Balaban J connectivity index is 2.16. The van der Waals surface area contributed by atoms with Crippen LogP contribution in [0.3, 0.4) is 0 Å². The van der Waals surface area contributed by atoms with Gasteiger partial charge in [-0.1, -0.05) is 40.5 Å². The van der Waals surface area contributed by atoms with Crippen LogP contribution in [-0.2, 0) is 0 Å². The van der Waals surface area contributed by atoms with Crippen molar-refractivity contribution in [3.8, 4) is 0 Å². The number of H-pyrrole nitrogens is 1. The lowest BCUT2D eigenvalue weighted by Gasteiger charge is -2.41. The van der Waals surface area contributed by atoms with Gasteiger partial charge in [-0.15, -0.1) is 0 Å². The fourth-order valence-electron chi connectivity index (χ4n) is 3.07. The maximum atomic E-state index is 11.8. The Kier molecular flexibility index (Phi) is 4.51. The maximum Gasteiger partial charge on any atom is 0.252 e. The third-order valence-electron chi connectivity index (χ3n) is 4.94. The van der Waals surface area contributed by atoms with Crippen LogP contribution in [0.5, 0.6) is 0 Å². The first-order chi connectivity index (χ1) is 9.49. The van der Waals surface area contributed by atoms with Crippen molar-refractivity contribution in [3.05, 3.63) is 22.2 Å². The molecule has 112 valence electrons. The van der Waals surface area contributed by atoms with Crippen LogP contribution >= 0.6 is 0 Å². The Labute approximate surface area is 121 Å². The van der Waals surface area contributed by atoms with E-state index in [1.165, 1.54) is 25.7 Å². The first kappa shape index (κ1) is 15.1. The highest BCUT2D eigenvalue weighted by molar-refractivity contribution is 5.38. The molecule has 4 heteroatoms. The molecule has 1 aliphatic heterocycles. The summed E-state index contributed by atoms with van der Waals surface area (Å²) >= 11 is 0. The number of anilines is 1. The third-order valence-corrected chi connectivity index (χ3v) is 4.94. The van der Waals surface area contributed by atoms with Crippen LogP contribution in [0.25, 0.3) is 0 Å². The molecule has 0 atom stereocenters. The van der Waals surface area contributed by atoms with Crippen molar-refractivity contribution in [2.24, 2.45) is 5.41 Å². The highest BCUT2D eigenvalue weighted by Crippen LogP contribution is 2.38. The topological polar surface area (TPSA) is 49.0 Å². The van der Waals surface area contributed by atoms with Gasteiger partial charge in [0.1, 0.15) is 11.6 Å². The number of aromatic amines is 1. The zero-order valence-electron chi connectivity index (χ0n) is 13.2. The normalized spacial score (nSPS) is 18.6. The summed E-state index contributed by atoms with van der Waals surface area (Å²) in [5, 5.41) is 0. The lowest BCUT2D eigenvalue weighted by Crippen LogP contribution is -2.40. The Hall–Kier alpha value is -1.32. The van der Waals surface area contributed by atoms with Gasteiger partial charge < -0.3 is 9.88 Å². The molecule has 0 radical (unpaired) electrons.